The van der Waals surface area contributed by atoms with E-state index in [0.29, 0.717) is 28.9 Å². The summed E-state index contributed by atoms with van der Waals surface area (Å²) < 4.78 is 16.0. The fourth-order valence-corrected chi connectivity index (χ4v) is 4.29. The van der Waals surface area contributed by atoms with Gasteiger partial charge in [-0.2, -0.15) is 0 Å². The minimum Gasteiger partial charge on any atom is -0.497 e. The number of aliphatic imine (C=N–C) groups is 1. The molecule has 0 radical (unpaired) electrons. The fourth-order valence-electron chi connectivity index (χ4n) is 3.13. The summed E-state index contributed by atoms with van der Waals surface area (Å²) >= 11 is 1.30. The highest BCUT2D eigenvalue weighted by Crippen LogP contribution is 2.36. The van der Waals surface area contributed by atoms with Gasteiger partial charge in [0.05, 0.1) is 19.3 Å². The van der Waals surface area contributed by atoms with Gasteiger partial charge < -0.3 is 19.5 Å². The molecule has 0 aliphatic carbocycles. The quantitative estimate of drug-likeness (QED) is 0.763. The van der Waals surface area contributed by atoms with Crippen LogP contribution >= 0.6 is 11.8 Å². The molecule has 0 saturated carbocycles. The lowest BCUT2D eigenvalue weighted by atomic mass is 10.1. The molecule has 1 fully saturated rings. The van der Waals surface area contributed by atoms with Gasteiger partial charge in [-0.15, -0.1) is 0 Å². The van der Waals surface area contributed by atoms with Gasteiger partial charge in [0.2, 0.25) is 18.6 Å². The third-order valence-electron chi connectivity index (χ3n) is 4.74. The van der Waals surface area contributed by atoms with Crippen LogP contribution in [-0.2, 0) is 16.1 Å². The smallest absolute Gasteiger partial charge is 0.242 e. The van der Waals surface area contributed by atoms with Crippen molar-refractivity contribution >= 4 is 34.4 Å². The molecule has 156 valence electrons. The van der Waals surface area contributed by atoms with Crippen LogP contribution in [0.3, 0.4) is 0 Å². The summed E-state index contributed by atoms with van der Waals surface area (Å²) in [6.07, 6.45) is 0.0965. The predicted octanol–water partition coefficient (Wildman–Crippen LogP) is 2.69. The number of ether oxygens (including phenoxy) is 3. The van der Waals surface area contributed by atoms with Crippen molar-refractivity contribution in [3.63, 3.8) is 0 Å². The number of carbonyl (C=O) groups is 2. The summed E-state index contributed by atoms with van der Waals surface area (Å²) in [5, 5.41) is 2.61. The molecule has 4 rings (SSSR count). The predicted molar refractivity (Wildman–Crippen MR) is 113 cm³/mol. The first-order valence-electron chi connectivity index (χ1n) is 9.37. The van der Waals surface area contributed by atoms with Gasteiger partial charge >= 0.3 is 0 Å². The van der Waals surface area contributed by atoms with Crippen molar-refractivity contribution in [3.05, 3.63) is 48.0 Å². The number of hydrogen-bond donors (Lipinski definition) is 1. The number of rotatable bonds is 6. The summed E-state index contributed by atoms with van der Waals surface area (Å²) in [6, 6.07) is 12.8. The van der Waals surface area contributed by atoms with Crippen LogP contribution in [0.4, 0.5) is 5.69 Å². The second-order valence-corrected chi connectivity index (χ2v) is 7.86. The van der Waals surface area contributed by atoms with E-state index in [1.807, 2.05) is 42.5 Å². The van der Waals surface area contributed by atoms with E-state index >= 15 is 0 Å². The molecule has 2 aliphatic heterocycles. The van der Waals surface area contributed by atoms with Crippen molar-refractivity contribution < 1.29 is 23.8 Å². The Balaban J connectivity index is 1.61. The highest BCUT2D eigenvalue weighted by atomic mass is 32.2. The van der Waals surface area contributed by atoms with Gasteiger partial charge in [0, 0.05) is 13.5 Å². The number of carbonyl (C=O) groups excluding carboxylic acids is 2. The standard InChI is InChI=1S/C21H21N3O5S/c1-22-19(25)10-18-20(26)24(11-13-3-8-16-17(9-13)29-12-28-16)21(30-18)23-14-4-6-15(27-2)7-5-14/h3-9,18H,10-12H2,1-2H3,(H,22,25)/t18-/m0/s1. The molecule has 0 spiro atoms. The van der Waals surface area contributed by atoms with Crippen molar-refractivity contribution in [2.75, 3.05) is 21.0 Å². The number of fused-ring (bicyclic) bond motifs is 1. The fraction of sp³-hybridized carbons (Fsp3) is 0.286. The van der Waals surface area contributed by atoms with E-state index in [0.717, 1.165) is 11.3 Å². The van der Waals surface area contributed by atoms with E-state index in [-0.39, 0.29) is 25.0 Å². The van der Waals surface area contributed by atoms with Gasteiger partial charge in [-0.1, -0.05) is 17.8 Å². The van der Waals surface area contributed by atoms with Gasteiger partial charge in [0.15, 0.2) is 16.7 Å². The Kier molecular flexibility index (Phi) is 5.80. The molecule has 9 heteroatoms. The molecular formula is C21H21N3O5S. The topological polar surface area (TPSA) is 89.5 Å². The third kappa shape index (κ3) is 4.20. The summed E-state index contributed by atoms with van der Waals surface area (Å²) in [5.41, 5.74) is 1.58. The molecule has 1 atom stereocenters. The Morgan fingerprint density at radius 3 is 2.73 bits per heavy atom. The summed E-state index contributed by atoms with van der Waals surface area (Å²) in [5.74, 6) is 1.74. The maximum Gasteiger partial charge on any atom is 0.242 e. The largest absolute Gasteiger partial charge is 0.497 e. The number of nitrogens with zero attached hydrogens (tertiary/aromatic N) is 2. The molecule has 0 unspecified atom stereocenters. The third-order valence-corrected chi connectivity index (χ3v) is 5.92. The second-order valence-electron chi connectivity index (χ2n) is 6.69. The monoisotopic (exact) mass is 427 g/mol. The van der Waals surface area contributed by atoms with Crippen molar-refractivity contribution in [2.45, 2.75) is 18.2 Å². The minimum atomic E-state index is -0.518. The number of benzene rings is 2. The maximum absolute atomic E-state index is 13.1. The van der Waals surface area contributed by atoms with Crippen molar-refractivity contribution in [1.82, 2.24) is 10.2 Å². The molecule has 8 nitrogen and oxygen atoms in total. The Morgan fingerprint density at radius 2 is 2.00 bits per heavy atom. The van der Waals surface area contributed by atoms with Gasteiger partial charge in [0.25, 0.3) is 0 Å². The zero-order chi connectivity index (χ0) is 21.1. The molecule has 1 N–H and O–H groups in total. The lowest BCUT2D eigenvalue weighted by Crippen LogP contribution is -2.33. The average molecular weight is 427 g/mol. The van der Waals surface area contributed by atoms with Gasteiger partial charge in [-0.25, -0.2) is 4.99 Å². The molecule has 2 heterocycles. The zero-order valence-electron chi connectivity index (χ0n) is 16.6. The molecule has 2 aromatic carbocycles. The Bertz CT molecular complexity index is 993. The van der Waals surface area contributed by atoms with Crippen LogP contribution in [0.2, 0.25) is 0 Å². The zero-order valence-corrected chi connectivity index (χ0v) is 17.4. The van der Waals surface area contributed by atoms with Crippen LogP contribution in [0.1, 0.15) is 12.0 Å². The normalized spacial score (nSPS) is 18.7. The summed E-state index contributed by atoms with van der Waals surface area (Å²) in [7, 11) is 3.16. The van der Waals surface area contributed by atoms with Crippen LogP contribution in [0.25, 0.3) is 0 Å². The van der Waals surface area contributed by atoms with Crippen LogP contribution < -0.4 is 19.5 Å². The summed E-state index contributed by atoms with van der Waals surface area (Å²) in [6.45, 7) is 0.511. The molecular weight excluding hydrogens is 406 g/mol. The molecule has 1 saturated heterocycles. The van der Waals surface area contributed by atoms with Crippen LogP contribution in [0.5, 0.6) is 17.2 Å². The molecule has 30 heavy (non-hydrogen) atoms. The Morgan fingerprint density at radius 1 is 1.23 bits per heavy atom. The maximum atomic E-state index is 13.1. The Hall–Kier alpha value is -3.20. The first-order chi connectivity index (χ1) is 14.6. The first-order valence-corrected chi connectivity index (χ1v) is 10.2. The van der Waals surface area contributed by atoms with Crippen LogP contribution in [0, 0.1) is 0 Å². The number of amidine groups is 1. The number of nitrogens with one attached hydrogen (secondary N) is 1. The van der Waals surface area contributed by atoms with E-state index in [4.69, 9.17) is 14.2 Å². The number of hydrogen-bond acceptors (Lipinski definition) is 7. The molecule has 0 aromatic heterocycles. The number of amides is 2. The number of thioether (sulfide) groups is 1. The molecule has 0 bridgehead atoms. The minimum absolute atomic E-state index is 0.0965. The SMILES string of the molecule is CNC(=O)C[C@@H]1SC(=Nc2ccc(OC)cc2)N(Cc2ccc3c(c2)OCO3)C1=O. The summed E-state index contributed by atoms with van der Waals surface area (Å²) in [4.78, 5) is 31.2. The molecule has 2 aromatic rings. The second kappa shape index (κ2) is 8.66. The molecule has 2 aliphatic rings. The highest BCUT2D eigenvalue weighted by Gasteiger charge is 2.39. The lowest BCUT2D eigenvalue weighted by molar-refractivity contribution is -0.129. The van der Waals surface area contributed by atoms with Gasteiger partial charge in [0.1, 0.15) is 11.0 Å². The van der Waals surface area contributed by atoms with Crippen molar-refractivity contribution in [2.24, 2.45) is 4.99 Å². The van der Waals surface area contributed by atoms with Crippen LogP contribution in [-0.4, -0.2) is 48.1 Å². The van der Waals surface area contributed by atoms with E-state index in [1.165, 1.54) is 11.8 Å². The van der Waals surface area contributed by atoms with E-state index in [1.54, 1.807) is 19.1 Å². The Labute approximate surface area is 178 Å². The van der Waals surface area contributed by atoms with E-state index < -0.39 is 5.25 Å². The first kappa shape index (κ1) is 20.1. The lowest BCUT2D eigenvalue weighted by Gasteiger charge is -2.17. The van der Waals surface area contributed by atoms with Gasteiger partial charge in [-0.05, 0) is 42.0 Å². The average Bonchev–Trinajstić information content (AvgIpc) is 3.34. The molecule has 2 amide bonds. The van der Waals surface area contributed by atoms with Crippen LogP contribution in [0.15, 0.2) is 47.5 Å². The van der Waals surface area contributed by atoms with E-state index in [2.05, 4.69) is 10.3 Å². The van der Waals surface area contributed by atoms with Gasteiger partial charge in [-0.3, -0.25) is 14.5 Å². The van der Waals surface area contributed by atoms with Crippen molar-refractivity contribution in [1.29, 1.82) is 0 Å². The van der Waals surface area contributed by atoms with Crippen molar-refractivity contribution in [3.8, 4) is 17.2 Å². The van der Waals surface area contributed by atoms with E-state index in [9.17, 15) is 9.59 Å². The highest BCUT2D eigenvalue weighted by molar-refractivity contribution is 8.15. The number of methoxy groups -OCH3 is 1.